The van der Waals surface area contributed by atoms with E-state index < -0.39 is 6.04 Å². The van der Waals surface area contributed by atoms with Gasteiger partial charge in [-0.3, -0.25) is 19.6 Å². The molecule has 3 aromatic rings. The minimum absolute atomic E-state index is 0.0756. The first-order chi connectivity index (χ1) is 15.1. The largest absolute Gasteiger partial charge is 0.492 e. The molecule has 1 fully saturated rings. The summed E-state index contributed by atoms with van der Waals surface area (Å²) >= 11 is 0. The van der Waals surface area contributed by atoms with Crippen LogP contribution < -0.4 is 10.1 Å². The molecule has 2 N–H and O–H groups in total. The van der Waals surface area contributed by atoms with Crippen LogP contribution in [-0.2, 0) is 4.79 Å². The lowest BCUT2D eigenvalue weighted by Crippen LogP contribution is -2.54. The molecule has 2 aromatic carbocycles. The van der Waals surface area contributed by atoms with E-state index in [2.05, 4.69) is 20.4 Å². The number of carbonyl (C=O) groups is 2. The number of benzene rings is 2. The maximum Gasteiger partial charge on any atom is 0.273 e. The highest BCUT2D eigenvalue weighted by Crippen LogP contribution is 2.15. The zero-order valence-corrected chi connectivity index (χ0v) is 17.6. The minimum atomic E-state index is -0.615. The number of para-hydroxylation sites is 2. The van der Waals surface area contributed by atoms with Crippen molar-refractivity contribution in [2.24, 2.45) is 0 Å². The maximum atomic E-state index is 12.8. The Bertz CT molecular complexity index is 1030. The van der Waals surface area contributed by atoms with Crippen LogP contribution in [0.2, 0.25) is 0 Å². The third-order valence-corrected chi connectivity index (χ3v) is 5.51. The Labute approximate surface area is 181 Å². The molecule has 0 spiro atoms. The van der Waals surface area contributed by atoms with Crippen LogP contribution in [0.1, 0.15) is 17.4 Å². The molecule has 0 radical (unpaired) electrons. The zero-order chi connectivity index (χ0) is 21.6. The number of nitrogens with zero attached hydrogens (tertiary/aromatic N) is 3. The molecule has 1 aliphatic heterocycles. The van der Waals surface area contributed by atoms with Crippen molar-refractivity contribution in [3.05, 3.63) is 60.3 Å². The lowest BCUT2D eigenvalue weighted by Gasteiger charge is -2.35. The van der Waals surface area contributed by atoms with E-state index in [0.717, 1.165) is 36.3 Å². The molecule has 1 atom stereocenters. The predicted molar refractivity (Wildman–Crippen MR) is 118 cm³/mol. The summed E-state index contributed by atoms with van der Waals surface area (Å²) < 4.78 is 5.75. The normalized spacial score (nSPS) is 15.6. The molecule has 1 unspecified atom stereocenters. The molecule has 0 aliphatic carbocycles. The molecule has 31 heavy (non-hydrogen) atoms. The van der Waals surface area contributed by atoms with Crippen LogP contribution >= 0.6 is 0 Å². The third kappa shape index (κ3) is 5.03. The summed E-state index contributed by atoms with van der Waals surface area (Å²) in [4.78, 5) is 29.5. The third-order valence-electron chi connectivity index (χ3n) is 5.51. The number of carbonyl (C=O) groups excluding carboxylic acids is 2. The number of aromatic amines is 1. The zero-order valence-electron chi connectivity index (χ0n) is 17.6. The van der Waals surface area contributed by atoms with Gasteiger partial charge in [0.25, 0.3) is 5.91 Å². The van der Waals surface area contributed by atoms with Gasteiger partial charge in [0.1, 0.15) is 18.4 Å². The first kappa shape index (κ1) is 20.9. The van der Waals surface area contributed by atoms with Crippen LogP contribution in [0.5, 0.6) is 5.75 Å². The molecule has 1 saturated heterocycles. The van der Waals surface area contributed by atoms with Crippen LogP contribution in [0.25, 0.3) is 10.9 Å². The molecule has 1 aromatic heterocycles. The fourth-order valence-electron chi connectivity index (χ4n) is 3.74. The quantitative estimate of drug-likeness (QED) is 0.608. The highest BCUT2D eigenvalue weighted by molar-refractivity contribution is 6.05. The van der Waals surface area contributed by atoms with Crippen molar-refractivity contribution >= 4 is 22.7 Å². The molecule has 0 saturated carbocycles. The summed E-state index contributed by atoms with van der Waals surface area (Å²) in [6.07, 6.45) is 0. The summed E-state index contributed by atoms with van der Waals surface area (Å²) in [5.74, 6) is 0.439. The van der Waals surface area contributed by atoms with Crippen LogP contribution in [-0.4, -0.2) is 77.2 Å². The second kappa shape index (κ2) is 9.61. The Hall–Kier alpha value is -3.39. The second-order valence-electron chi connectivity index (χ2n) is 7.64. The number of piperazine rings is 1. The van der Waals surface area contributed by atoms with Crippen molar-refractivity contribution in [2.45, 2.75) is 13.0 Å². The first-order valence-corrected chi connectivity index (χ1v) is 10.5. The Balaban J connectivity index is 1.23. The summed E-state index contributed by atoms with van der Waals surface area (Å²) in [6.45, 7) is 5.99. The van der Waals surface area contributed by atoms with E-state index in [1.807, 2.05) is 59.5 Å². The van der Waals surface area contributed by atoms with Crippen molar-refractivity contribution in [3.8, 4) is 5.75 Å². The van der Waals surface area contributed by atoms with Gasteiger partial charge in [0.2, 0.25) is 5.91 Å². The topological polar surface area (TPSA) is 90.6 Å². The van der Waals surface area contributed by atoms with Gasteiger partial charge in [-0.15, -0.1) is 0 Å². The van der Waals surface area contributed by atoms with Crippen molar-refractivity contribution < 1.29 is 14.3 Å². The van der Waals surface area contributed by atoms with Gasteiger partial charge in [0.15, 0.2) is 5.69 Å². The Kier molecular flexibility index (Phi) is 6.47. The van der Waals surface area contributed by atoms with E-state index >= 15 is 0 Å². The summed E-state index contributed by atoms with van der Waals surface area (Å²) in [7, 11) is 0. The molecule has 0 bridgehead atoms. The van der Waals surface area contributed by atoms with Crippen molar-refractivity contribution in [1.29, 1.82) is 0 Å². The Morgan fingerprint density at radius 1 is 1.06 bits per heavy atom. The van der Waals surface area contributed by atoms with Gasteiger partial charge in [0, 0.05) is 38.1 Å². The van der Waals surface area contributed by atoms with Crippen LogP contribution in [0.3, 0.4) is 0 Å². The average Bonchev–Trinajstić information content (AvgIpc) is 3.24. The second-order valence-corrected chi connectivity index (χ2v) is 7.64. The summed E-state index contributed by atoms with van der Waals surface area (Å²) in [6, 6.07) is 16.6. The highest BCUT2D eigenvalue weighted by atomic mass is 16.5. The van der Waals surface area contributed by atoms with Gasteiger partial charge >= 0.3 is 0 Å². The van der Waals surface area contributed by atoms with E-state index in [9.17, 15) is 9.59 Å². The van der Waals surface area contributed by atoms with E-state index in [1.54, 1.807) is 6.92 Å². The molecule has 2 amide bonds. The molecule has 4 rings (SSSR count). The van der Waals surface area contributed by atoms with Gasteiger partial charge in [-0.25, -0.2) is 0 Å². The van der Waals surface area contributed by atoms with Crippen LogP contribution in [0.15, 0.2) is 54.6 Å². The minimum Gasteiger partial charge on any atom is -0.492 e. The SMILES string of the molecule is CC(NC(=O)c1n[nH]c2ccccc12)C(=O)N1CCN(CCOc2ccccc2)CC1. The standard InChI is InChI=1S/C23H27N5O3/c1-17(24-22(29)21-19-9-5-6-10-20(19)25-26-21)23(30)28-13-11-27(12-14-28)15-16-31-18-7-3-2-4-8-18/h2-10,17H,11-16H2,1H3,(H,24,29)(H,25,26). The van der Waals surface area contributed by atoms with Gasteiger partial charge in [-0.2, -0.15) is 5.10 Å². The van der Waals surface area contributed by atoms with E-state index in [4.69, 9.17) is 4.74 Å². The fraction of sp³-hybridized carbons (Fsp3) is 0.348. The lowest BCUT2D eigenvalue weighted by atomic mass is 10.2. The molecule has 8 nitrogen and oxygen atoms in total. The molecular formula is C23H27N5O3. The number of hydrogen-bond acceptors (Lipinski definition) is 5. The van der Waals surface area contributed by atoms with Crippen LogP contribution in [0, 0.1) is 0 Å². The number of rotatable bonds is 7. The number of aromatic nitrogens is 2. The van der Waals surface area contributed by atoms with Gasteiger partial charge in [-0.05, 0) is 25.1 Å². The fourth-order valence-corrected chi connectivity index (χ4v) is 3.74. The number of nitrogens with one attached hydrogen (secondary N) is 2. The van der Waals surface area contributed by atoms with E-state index in [-0.39, 0.29) is 11.8 Å². The van der Waals surface area contributed by atoms with E-state index in [1.165, 1.54) is 0 Å². The van der Waals surface area contributed by atoms with Gasteiger partial charge < -0.3 is 15.0 Å². The Morgan fingerprint density at radius 2 is 1.77 bits per heavy atom. The summed E-state index contributed by atoms with van der Waals surface area (Å²) in [5, 5.41) is 10.5. The highest BCUT2D eigenvalue weighted by Gasteiger charge is 2.27. The molecule has 8 heteroatoms. The van der Waals surface area contributed by atoms with E-state index in [0.29, 0.717) is 25.4 Å². The van der Waals surface area contributed by atoms with Crippen LogP contribution in [0.4, 0.5) is 0 Å². The maximum absolute atomic E-state index is 12.8. The average molecular weight is 422 g/mol. The number of H-pyrrole nitrogens is 1. The monoisotopic (exact) mass is 421 g/mol. The molecule has 2 heterocycles. The molecule has 162 valence electrons. The first-order valence-electron chi connectivity index (χ1n) is 10.5. The Morgan fingerprint density at radius 3 is 2.55 bits per heavy atom. The number of hydrogen-bond donors (Lipinski definition) is 2. The van der Waals surface area contributed by atoms with Crippen molar-refractivity contribution in [3.63, 3.8) is 0 Å². The van der Waals surface area contributed by atoms with Gasteiger partial charge in [0.05, 0.1) is 5.52 Å². The number of fused-ring (bicyclic) bond motifs is 1. The van der Waals surface area contributed by atoms with Crippen molar-refractivity contribution in [2.75, 3.05) is 39.3 Å². The lowest BCUT2D eigenvalue weighted by molar-refractivity contribution is -0.134. The number of ether oxygens (including phenoxy) is 1. The van der Waals surface area contributed by atoms with Gasteiger partial charge in [-0.1, -0.05) is 36.4 Å². The molecular weight excluding hydrogens is 394 g/mol. The predicted octanol–water partition coefficient (Wildman–Crippen LogP) is 1.90. The smallest absolute Gasteiger partial charge is 0.273 e. The van der Waals surface area contributed by atoms with Crippen molar-refractivity contribution in [1.82, 2.24) is 25.3 Å². The summed E-state index contributed by atoms with van der Waals surface area (Å²) in [5.41, 5.74) is 1.09. The molecule has 1 aliphatic rings. The number of amides is 2.